The molecule has 0 saturated heterocycles. The van der Waals surface area contributed by atoms with Crippen LogP contribution in [0.1, 0.15) is 16.8 Å². The second-order valence-electron chi connectivity index (χ2n) is 4.74. The van der Waals surface area contributed by atoms with Crippen molar-refractivity contribution in [2.45, 2.75) is 19.5 Å². The first-order valence-corrected chi connectivity index (χ1v) is 6.99. The van der Waals surface area contributed by atoms with E-state index in [9.17, 15) is 0 Å². The molecule has 0 saturated carbocycles. The minimum absolute atomic E-state index is 0.331. The van der Waals surface area contributed by atoms with Gasteiger partial charge in [-0.1, -0.05) is 23.2 Å². The highest BCUT2D eigenvalue weighted by Crippen LogP contribution is 2.26. The number of hydrogen-bond donors (Lipinski definition) is 1. The monoisotopic (exact) mass is 309 g/mol. The van der Waals surface area contributed by atoms with Gasteiger partial charge in [-0.2, -0.15) is 0 Å². The molecule has 0 unspecified atom stereocenters. The molecule has 3 rings (SSSR count). The topological polar surface area (TPSA) is 67.9 Å². The summed E-state index contributed by atoms with van der Waals surface area (Å²) in [7, 11) is 0. The van der Waals surface area contributed by atoms with Gasteiger partial charge < -0.3 is 5.73 Å². The Morgan fingerprint density at radius 2 is 1.95 bits per heavy atom. The average molecular weight is 310 g/mol. The summed E-state index contributed by atoms with van der Waals surface area (Å²) in [5, 5.41) is 1.19. The molecule has 5 nitrogen and oxygen atoms in total. The smallest absolute Gasteiger partial charge is 0.220 e. The largest absolute Gasteiger partial charge is 0.368 e. The van der Waals surface area contributed by atoms with Gasteiger partial charge in [0, 0.05) is 55.8 Å². The summed E-state index contributed by atoms with van der Waals surface area (Å²) in [4.78, 5) is 14.5. The maximum atomic E-state index is 6.15. The Kier molecular flexibility index (Phi) is 3.74. The van der Waals surface area contributed by atoms with Crippen molar-refractivity contribution in [2.24, 2.45) is 0 Å². The number of nitrogens with two attached hydrogens (primary N) is 1. The molecular weight excluding hydrogens is 297 g/mol. The molecule has 0 atom stereocenters. The Bertz CT molecular complexity index is 626. The van der Waals surface area contributed by atoms with Crippen molar-refractivity contribution in [3.05, 3.63) is 45.5 Å². The Morgan fingerprint density at radius 3 is 2.70 bits per heavy atom. The molecule has 20 heavy (non-hydrogen) atoms. The summed E-state index contributed by atoms with van der Waals surface area (Å²) in [6.07, 6.45) is 5.87. The first-order chi connectivity index (χ1) is 9.63. The van der Waals surface area contributed by atoms with Gasteiger partial charge >= 0.3 is 0 Å². The summed E-state index contributed by atoms with van der Waals surface area (Å²) in [6, 6.07) is 0. The Hall–Kier alpha value is -1.43. The van der Waals surface area contributed by atoms with Crippen molar-refractivity contribution in [1.82, 2.24) is 19.9 Å². The van der Waals surface area contributed by atoms with Gasteiger partial charge in [-0.15, -0.1) is 0 Å². The van der Waals surface area contributed by atoms with Crippen LogP contribution in [0.15, 0.2) is 18.6 Å². The summed E-state index contributed by atoms with van der Waals surface area (Å²) < 4.78 is 0. The van der Waals surface area contributed by atoms with Crippen LogP contribution in [0.4, 0.5) is 5.95 Å². The quantitative estimate of drug-likeness (QED) is 0.922. The van der Waals surface area contributed by atoms with Crippen molar-refractivity contribution in [2.75, 3.05) is 12.3 Å². The molecule has 3 heterocycles. The van der Waals surface area contributed by atoms with E-state index in [0.717, 1.165) is 36.3 Å². The van der Waals surface area contributed by atoms with Gasteiger partial charge in [0.2, 0.25) is 5.95 Å². The molecule has 2 aromatic rings. The van der Waals surface area contributed by atoms with Gasteiger partial charge in [0.1, 0.15) is 0 Å². The van der Waals surface area contributed by atoms with E-state index in [1.165, 1.54) is 0 Å². The number of pyridine rings is 1. The van der Waals surface area contributed by atoms with Gasteiger partial charge in [-0.05, 0) is 0 Å². The minimum Gasteiger partial charge on any atom is -0.368 e. The molecule has 2 N–H and O–H groups in total. The third-order valence-electron chi connectivity index (χ3n) is 3.37. The molecule has 104 valence electrons. The molecule has 0 bridgehead atoms. The van der Waals surface area contributed by atoms with Gasteiger partial charge in [0.05, 0.1) is 15.7 Å². The highest BCUT2D eigenvalue weighted by atomic mass is 35.5. The van der Waals surface area contributed by atoms with Crippen LogP contribution in [0, 0.1) is 0 Å². The molecule has 1 aliphatic heterocycles. The SMILES string of the molecule is Nc1ncc2c(n1)CCN(Cc1c(Cl)cncc1Cl)C2. The minimum atomic E-state index is 0.331. The normalized spacial score (nSPS) is 15.1. The molecule has 0 aromatic carbocycles. The number of rotatable bonds is 2. The first-order valence-electron chi connectivity index (χ1n) is 6.24. The molecule has 0 fully saturated rings. The summed E-state index contributed by atoms with van der Waals surface area (Å²) in [5.74, 6) is 0.331. The number of fused-ring (bicyclic) bond motifs is 1. The van der Waals surface area contributed by atoms with Crippen molar-refractivity contribution >= 4 is 29.2 Å². The zero-order chi connectivity index (χ0) is 14.1. The van der Waals surface area contributed by atoms with Crippen molar-refractivity contribution < 1.29 is 0 Å². The lowest BCUT2D eigenvalue weighted by molar-refractivity contribution is 0.243. The average Bonchev–Trinajstić information content (AvgIpc) is 2.43. The zero-order valence-corrected chi connectivity index (χ0v) is 12.2. The van der Waals surface area contributed by atoms with Gasteiger partial charge in [0.15, 0.2) is 0 Å². The fourth-order valence-corrected chi connectivity index (χ4v) is 2.82. The van der Waals surface area contributed by atoms with Crippen LogP contribution >= 0.6 is 23.2 Å². The van der Waals surface area contributed by atoms with E-state index in [-0.39, 0.29) is 0 Å². The summed E-state index contributed by atoms with van der Waals surface area (Å²) >= 11 is 12.3. The Balaban J connectivity index is 1.79. The molecule has 0 radical (unpaired) electrons. The lowest BCUT2D eigenvalue weighted by atomic mass is 10.1. The van der Waals surface area contributed by atoms with Crippen LogP contribution in [0.3, 0.4) is 0 Å². The van der Waals surface area contributed by atoms with E-state index >= 15 is 0 Å². The fraction of sp³-hybridized carbons (Fsp3) is 0.308. The van der Waals surface area contributed by atoms with Crippen molar-refractivity contribution in [1.29, 1.82) is 0 Å². The second kappa shape index (κ2) is 5.52. The number of anilines is 1. The van der Waals surface area contributed by atoms with E-state index in [2.05, 4.69) is 19.9 Å². The van der Waals surface area contributed by atoms with E-state index in [1.54, 1.807) is 18.6 Å². The molecule has 0 aliphatic carbocycles. The molecule has 7 heteroatoms. The predicted octanol–water partition coefficient (Wildman–Crippen LogP) is 2.32. The molecule has 2 aromatic heterocycles. The molecular formula is C13H13Cl2N5. The van der Waals surface area contributed by atoms with E-state index in [0.29, 0.717) is 22.5 Å². The number of nitrogens with zero attached hydrogens (tertiary/aromatic N) is 4. The van der Waals surface area contributed by atoms with Crippen molar-refractivity contribution in [3.63, 3.8) is 0 Å². The van der Waals surface area contributed by atoms with Crippen LogP contribution in [-0.4, -0.2) is 26.4 Å². The van der Waals surface area contributed by atoms with Gasteiger partial charge in [-0.25, -0.2) is 9.97 Å². The third-order valence-corrected chi connectivity index (χ3v) is 4.02. The lowest BCUT2D eigenvalue weighted by Gasteiger charge is -2.28. The van der Waals surface area contributed by atoms with E-state index in [1.807, 2.05) is 0 Å². The summed E-state index contributed by atoms with van der Waals surface area (Å²) in [6.45, 7) is 2.34. The number of aromatic nitrogens is 3. The first kappa shape index (κ1) is 13.5. The van der Waals surface area contributed by atoms with Crippen LogP contribution in [0.25, 0.3) is 0 Å². The second-order valence-corrected chi connectivity index (χ2v) is 5.56. The van der Waals surface area contributed by atoms with E-state index in [4.69, 9.17) is 28.9 Å². The predicted molar refractivity (Wildman–Crippen MR) is 78.5 cm³/mol. The van der Waals surface area contributed by atoms with Gasteiger partial charge in [0.25, 0.3) is 0 Å². The van der Waals surface area contributed by atoms with Gasteiger partial charge in [-0.3, -0.25) is 9.88 Å². The summed E-state index contributed by atoms with van der Waals surface area (Å²) in [5.41, 5.74) is 8.64. The maximum Gasteiger partial charge on any atom is 0.220 e. The van der Waals surface area contributed by atoms with E-state index < -0.39 is 0 Å². The van der Waals surface area contributed by atoms with Crippen LogP contribution in [0.5, 0.6) is 0 Å². The molecule has 0 amide bonds. The Labute approximate surface area is 126 Å². The zero-order valence-electron chi connectivity index (χ0n) is 10.7. The highest BCUT2D eigenvalue weighted by molar-refractivity contribution is 6.35. The number of nitrogen functional groups attached to an aromatic ring is 1. The van der Waals surface area contributed by atoms with Crippen LogP contribution in [-0.2, 0) is 19.5 Å². The van der Waals surface area contributed by atoms with Crippen LogP contribution < -0.4 is 5.73 Å². The van der Waals surface area contributed by atoms with Crippen LogP contribution in [0.2, 0.25) is 10.0 Å². The third kappa shape index (κ3) is 2.70. The highest BCUT2D eigenvalue weighted by Gasteiger charge is 2.20. The molecule has 0 spiro atoms. The van der Waals surface area contributed by atoms with Crippen molar-refractivity contribution in [3.8, 4) is 0 Å². The number of halogens is 2. The molecule has 1 aliphatic rings. The fourth-order valence-electron chi connectivity index (χ4n) is 2.34. The lowest BCUT2D eigenvalue weighted by Crippen LogP contribution is -2.31. The number of hydrogen-bond acceptors (Lipinski definition) is 5. The standard InChI is InChI=1S/C13H13Cl2N5/c14-10-4-17-5-11(15)9(10)7-20-2-1-12-8(6-20)3-18-13(16)19-12/h3-5H,1-2,6-7H2,(H2,16,18,19). The Morgan fingerprint density at radius 1 is 1.20 bits per heavy atom. The maximum absolute atomic E-state index is 6.15.